The van der Waals surface area contributed by atoms with Crippen LogP contribution in [-0.4, -0.2) is 29.5 Å². The Kier molecular flexibility index (Phi) is 3.14. The second-order valence-corrected chi connectivity index (χ2v) is 4.16. The molecule has 4 N–H and O–H groups in total. The highest BCUT2D eigenvalue weighted by Crippen LogP contribution is 2.36. The van der Waals surface area contributed by atoms with E-state index in [4.69, 9.17) is 15.6 Å². The Bertz CT molecular complexity index is 392. The van der Waals surface area contributed by atoms with E-state index in [1.54, 1.807) is 6.07 Å². The van der Waals surface area contributed by atoms with Crippen LogP contribution >= 0.6 is 0 Å². The van der Waals surface area contributed by atoms with Crippen LogP contribution in [0, 0.1) is 6.92 Å². The monoisotopic (exact) mass is 223 g/mol. The number of aliphatic hydroxyl groups is 1. The maximum absolute atomic E-state index is 9.83. The van der Waals surface area contributed by atoms with Crippen molar-refractivity contribution in [2.45, 2.75) is 25.6 Å². The molecule has 0 aliphatic carbocycles. The lowest BCUT2D eigenvalue weighted by Crippen LogP contribution is -2.33. The first-order valence-electron chi connectivity index (χ1n) is 5.45. The number of aryl methyl sites for hydroxylation is 1. The summed E-state index contributed by atoms with van der Waals surface area (Å²) in [5, 5.41) is 19.0. The van der Waals surface area contributed by atoms with Crippen molar-refractivity contribution in [2.75, 3.05) is 13.2 Å². The van der Waals surface area contributed by atoms with Gasteiger partial charge in [-0.2, -0.15) is 0 Å². The summed E-state index contributed by atoms with van der Waals surface area (Å²) in [7, 11) is 0. The highest BCUT2D eigenvalue weighted by atomic mass is 16.5. The molecule has 0 unspecified atom stereocenters. The fraction of sp³-hybridized carbons (Fsp3) is 0.500. The van der Waals surface area contributed by atoms with Gasteiger partial charge in [0.1, 0.15) is 5.75 Å². The Morgan fingerprint density at radius 2 is 2.25 bits per heavy atom. The molecular weight excluding hydrogens is 206 g/mol. The first kappa shape index (κ1) is 11.4. The highest BCUT2D eigenvalue weighted by Gasteiger charge is 2.29. The lowest BCUT2D eigenvalue weighted by molar-refractivity contribution is -0.0474. The van der Waals surface area contributed by atoms with E-state index in [0.717, 1.165) is 16.7 Å². The summed E-state index contributed by atoms with van der Waals surface area (Å²) < 4.78 is 5.66. The number of phenolic OH excluding ortho intramolecular Hbond substituents is 1. The van der Waals surface area contributed by atoms with Crippen molar-refractivity contribution in [3.05, 3.63) is 28.8 Å². The number of hydrogen-bond donors (Lipinski definition) is 3. The van der Waals surface area contributed by atoms with Gasteiger partial charge in [-0.15, -0.1) is 0 Å². The molecule has 16 heavy (non-hydrogen) atoms. The topological polar surface area (TPSA) is 75.7 Å². The van der Waals surface area contributed by atoms with E-state index in [1.807, 2.05) is 13.0 Å². The summed E-state index contributed by atoms with van der Waals surface area (Å²) in [5.41, 5.74) is 8.58. The zero-order valence-electron chi connectivity index (χ0n) is 9.31. The third kappa shape index (κ3) is 1.80. The van der Waals surface area contributed by atoms with E-state index in [-0.39, 0.29) is 24.6 Å². The first-order valence-corrected chi connectivity index (χ1v) is 5.45. The normalized spacial score (nSPS) is 24.2. The average molecular weight is 223 g/mol. The van der Waals surface area contributed by atoms with Crippen molar-refractivity contribution < 1.29 is 14.9 Å². The summed E-state index contributed by atoms with van der Waals surface area (Å²) >= 11 is 0. The number of nitrogens with two attached hydrogens (primary N) is 1. The third-order valence-corrected chi connectivity index (χ3v) is 3.08. The molecule has 4 nitrogen and oxygen atoms in total. The van der Waals surface area contributed by atoms with Crippen molar-refractivity contribution >= 4 is 0 Å². The number of rotatable bonds is 2. The molecule has 0 saturated carbocycles. The number of hydrogen-bond acceptors (Lipinski definition) is 4. The maximum Gasteiger partial charge on any atom is 0.119 e. The van der Waals surface area contributed by atoms with Crippen LogP contribution in [0.25, 0.3) is 0 Å². The molecule has 4 heteroatoms. The van der Waals surface area contributed by atoms with Crippen LogP contribution in [0.4, 0.5) is 0 Å². The smallest absolute Gasteiger partial charge is 0.119 e. The van der Waals surface area contributed by atoms with Gasteiger partial charge < -0.3 is 20.7 Å². The lowest BCUT2D eigenvalue weighted by atomic mass is 9.90. The van der Waals surface area contributed by atoms with Crippen LogP contribution in [0.1, 0.15) is 22.8 Å². The minimum Gasteiger partial charge on any atom is -0.508 e. The van der Waals surface area contributed by atoms with Crippen molar-refractivity contribution in [1.82, 2.24) is 0 Å². The van der Waals surface area contributed by atoms with Gasteiger partial charge in [0, 0.05) is 18.5 Å². The molecule has 88 valence electrons. The van der Waals surface area contributed by atoms with Gasteiger partial charge in [0.15, 0.2) is 0 Å². The summed E-state index contributed by atoms with van der Waals surface area (Å²) in [6.07, 6.45) is 0.0392. The molecule has 0 radical (unpaired) electrons. The Labute approximate surface area is 94.7 Å². The number of ether oxygens (including phenoxy) is 1. The Morgan fingerprint density at radius 1 is 1.50 bits per heavy atom. The molecule has 1 aromatic carbocycles. The second kappa shape index (κ2) is 4.41. The van der Waals surface area contributed by atoms with Gasteiger partial charge in [0.05, 0.1) is 18.8 Å². The molecule has 1 aliphatic rings. The molecule has 2 atom stereocenters. The maximum atomic E-state index is 9.83. The molecule has 1 heterocycles. The van der Waals surface area contributed by atoms with E-state index < -0.39 is 0 Å². The fourth-order valence-corrected chi connectivity index (χ4v) is 2.29. The van der Waals surface area contributed by atoms with Crippen LogP contribution in [0.15, 0.2) is 12.1 Å². The van der Waals surface area contributed by atoms with E-state index in [9.17, 15) is 5.11 Å². The number of aliphatic hydroxyl groups excluding tert-OH is 1. The van der Waals surface area contributed by atoms with Gasteiger partial charge in [0.2, 0.25) is 0 Å². The molecular formula is C12H17NO3. The minimum atomic E-state index is -0.270. The zero-order valence-corrected chi connectivity index (χ0v) is 9.31. The highest BCUT2D eigenvalue weighted by molar-refractivity contribution is 5.46. The molecule has 1 aliphatic heterocycles. The molecule has 0 amide bonds. The zero-order chi connectivity index (χ0) is 11.7. The minimum absolute atomic E-state index is 0.0523. The molecule has 1 aromatic rings. The van der Waals surface area contributed by atoms with Gasteiger partial charge in [-0.05, 0) is 24.1 Å². The van der Waals surface area contributed by atoms with Gasteiger partial charge >= 0.3 is 0 Å². The summed E-state index contributed by atoms with van der Waals surface area (Å²) in [4.78, 5) is 0. The average Bonchev–Trinajstić information content (AvgIpc) is 2.32. The van der Waals surface area contributed by atoms with Gasteiger partial charge in [-0.25, -0.2) is 0 Å². The van der Waals surface area contributed by atoms with Crippen molar-refractivity contribution in [3.8, 4) is 5.75 Å². The quantitative estimate of drug-likeness (QED) is 0.687. The number of phenols is 1. The predicted molar refractivity (Wildman–Crippen MR) is 60.3 cm³/mol. The van der Waals surface area contributed by atoms with E-state index in [0.29, 0.717) is 13.0 Å². The number of aromatic hydroxyl groups is 1. The van der Waals surface area contributed by atoms with Crippen LogP contribution in [0.3, 0.4) is 0 Å². The third-order valence-electron chi connectivity index (χ3n) is 3.08. The van der Waals surface area contributed by atoms with Crippen LogP contribution in [0.5, 0.6) is 5.75 Å². The van der Waals surface area contributed by atoms with Crippen LogP contribution < -0.4 is 5.73 Å². The fourth-order valence-electron chi connectivity index (χ4n) is 2.29. The van der Waals surface area contributed by atoms with E-state index in [2.05, 4.69) is 0 Å². The lowest BCUT2D eigenvalue weighted by Gasteiger charge is -2.32. The molecule has 0 fully saturated rings. The number of fused-ring (bicyclic) bond motifs is 1. The molecule has 2 rings (SSSR count). The SMILES string of the molecule is Cc1ccc(O)c2c1[C@H](CN)O[C@H](CO)C2. The van der Waals surface area contributed by atoms with Gasteiger partial charge in [-0.3, -0.25) is 0 Å². The second-order valence-electron chi connectivity index (χ2n) is 4.16. The first-order chi connectivity index (χ1) is 7.67. The molecule has 0 spiro atoms. The van der Waals surface area contributed by atoms with Gasteiger partial charge in [0.25, 0.3) is 0 Å². The van der Waals surface area contributed by atoms with Crippen molar-refractivity contribution in [2.24, 2.45) is 5.73 Å². The van der Waals surface area contributed by atoms with Gasteiger partial charge in [-0.1, -0.05) is 6.07 Å². The standard InChI is InChI=1S/C12H17NO3/c1-7-2-3-10(15)9-4-8(6-14)16-11(5-13)12(7)9/h2-3,8,11,14-15H,4-6,13H2,1H3/t8-,11-/m0/s1. The number of benzene rings is 1. The summed E-state index contributed by atoms with van der Waals surface area (Å²) in [6, 6.07) is 3.54. The largest absolute Gasteiger partial charge is 0.508 e. The Hall–Kier alpha value is -1.10. The van der Waals surface area contributed by atoms with Crippen LogP contribution in [0.2, 0.25) is 0 Å². The summed E-state index contributed by atoms with van der Waals surface area (Å²) in [6.45, 7) is 2.28. The Balaban J connectivity index is 2.49. The summed E-state index contributed by atoms with van der Waals surface area (Å²) in [5.74, 6) is 0.265. The van der Waals surface area contributed by atoms with Crippen LogP contribution in [-0.2, 0) is 11.2 Å². The predicted octanol–water partition coefficient (Wildman–Crippen LogP) is 0.634. The molecule has 0 bridgehead atoms. The Morgan fingerprint density at radius 3 is 2.88 bits per heavy atom. The molecule has 0 saturated heterocycles. The molecule has 0 aromatic heterocycles. The van der Waals surface area contributed by atoms with E-state index in [1.165, 1.54) is 0 Å². The van der Waals surface area contributed by atoms with E-state index >= 15 is 0 Å². The van der Waals surface area contributed by atoms with Crippen molar-refractivity contribution in [1.29, 1.82) is 0 Å². The van der Waals surface area contributed by atoms with Crippen molar-refractivity contribution in [3.63, 3.8) is 0 Å².